The molecule has 1 aromatic carbocycles. The van der Waals surface area contributed by atoms with Gasteiger partial charge in [-0.1, -0.05) is 29.8 Å². The Balaban J connectivity index is 2.49. The van der Waals surface area contributed by atoms with Crippen molar-refractivity contribution in [2.24, 2.45) is 0 Å². The van der Waals surface area contributed by atoms with Gasteiger partial charge in [-0.05, 0) is 25.0 Å². The maximum atomic E-state index is 9.56. The minimum atomic E-state index is -0.360. The molecule has 3 nitrogen and oxygen atoms in total. The van der Waals surface area contributed by atoms with Crippen LogP contribution in [0.1, 0.15) is 32.3 Å². The van der Waals surface area contributed by atoms with Crippen molar-refractivity contribution in [1.82, 2.24) is 0 Å². The lowest BCUT2D eigenvalue weighted by Crippen LogP contribution is -2.23. The van der Waals surface area contributed by atoms with Crippen LogP contribution in [0.25, 0.3) is 0 Å². The molecule has 0 aromatic heterocycles. The van der Waals surface area contributed by atoms with Crippen LogP contribution in [-0.2, 0) is 5.41 Å². The summed E-state index contributed by atoms with van der Waals surface area (Å²) in [7, 11) is 1.64. The highest BCUT2D eigenvalue weighted by Crippen LogP contribution is 2.43. The van der Waals surface area contributed by atoms with Crippen LogP contribution in [0.4, 0.5) is 0 Å². The highest BCUT2D eigenvalue weighted by atomic mass is 79.9. The molecule has 0 amide bonds. The zero-order valence-electron chi connectivity index (χ0n) is 11.0. The molecule has 1 fully saturated rings. The predicted molar refractivity (Wildman–Crippen MR) is 74.5 cm³/mol. The van der Waals surface area contributed by atoms with Gasteiger partial charge < -0.3 is 14.6 Å². The zero-order valence-corrected chi connectivity index (χ0v) is 12.6. The number of methoxy groups -OCH3 is 1. The number of aliphatic hydroxyl groups is 1. The van der Waals surface area contributed by atoms with Gasteiger partial charge in [-0.15, -0.1) is 0 Å². The summed E-state index contributed by atoms with van der Waals surface area (Å²) in [5.41, 5.74) is 0.615. The van der Waals surface area contributed by atoms with Gasteiger partial charge in [-0.3, -0.25) is 0 Å². The van der Waals surface area contributed by atoms with Crippen molar-refractivity contribution in [2.75, 3.05) is 13.7 Å². The molecule has 0 spiro atoms. The predicted octanol–water partition coefficient (Wildman–Crippen LogP) is 3.27. The fraction of sp³-hybridized carbons (Fsp3) is 0.571. The first-order valence-electron chi connectivity index (χ1n) is 6.13. The van der Waals surface area contributed by atoms with Gasteiger partial charge in [0.05, 0.1) is 19.8 Å². The molecule has 100 valence electrons. The van der Waals surface area contributed by atoms with E-state index in [2.05, 4.69) is 15.9 Å². The summed E-state index contributed by atoms with van der Waals surface area (Å²) in [5, 5.41) is 9.56. The zero-order chi connectivity index (χ0) is 13.3. The van der Waals surface area contributed by atoms with E-state index in [0.29, 0.717) is 11.9 Å². The van der Waals surface area contributed by atoms with E-state index in [1.54, 1.807) is 7.11 Å². The van der Waals surface area contributed by atoms with Gasteiger partial charge in [0.1, 0.15) is 0 Å². The van der Waals surface area contributed by atoms with Gasteiger partial charge in [-0.2, -0.15) is 0 Å². The molecule has 0 saturated heterocycles. The number of hydrogen-bond donors (Lipinski definition) is 1. The minimum absolute atomic E-state index is 0.0631. The number of benzene rings is 1. The fourth-order valence-corrected chi connectivity index (χ4v) is 2.22. The fourth-order valence-electron chi connectivity index (χ4n) is 1.78. The third-order valence-electron chi connectivity index (χ3n) is 3.17. The Labute approximate surface area is 116 Å². The summed E-state index contributed by atoms with van der Waals surface area (Å²) in [4.78, 5) is 0. The Kier molecular flexibility index (Phi) is 3.87. The summed E-state index contributed by atoms with van der Waals surface area (Å²) < 4.78 is 12.3. The summed E-state index contributed by atoms with van der Waals surface area (Å²) >= 11 is 3.47. The molecule has 18 heavy (non-hydrogen) atoms. The Bertz CT molecular complexity index is 439. The third-order valence-corrected chi connectivity index (χ3v) is 3.63. The minimum Gasteiger partial charge on any atom is -0.493 e. The molecule has 1 aliphatic carbocycles. The van der Waals surface area contributed by atoms with Gasteiger partial charge in [0, 0.05) is 15.5 Å². The van der Waals surface area contributed by atoms with Gasteiger partial charge in [0.2, 0.25) is 0 Å². The summed E-state index contributed by atoms with van der Waals surface area (Å²) in [6, 6.07) is 3.89. The van der Waals surface area contributed by atoms with Gasteiger partial charge in [0.15, 0.2) is 11.5 Å². The first-order valence-corrected chi connectivity index (χ1v) is 6.93. The molecule has 1 aliphatic rings. The second-order valence-corrected chi connectivity index (χ2v) is 6.26. The topological polar surface area (TPSA) is 38.7 Å². The molecule has 0 atom stereocenters. The quantitative estimate of drug-likeness (QED) is 0.906. The van der Waals surface area contributed by atoms with Crippen molar-refractivity contribution < 1.29 is 14.6 Å². The van der Waals surface area contributed by atoms with Crippen molar-refractivity contribution in [3.63, 3.8) is 0 Å². The van der Waals surface area contributed by atoms with E-state index in [9.17, 15) is 5.11 Å². The van der Waals surface area contributed by atoms with Gasteiger partial charge in [0.25, 0.3) is 0 Å². The molecule has 0 aliphatic heterocycles. The van der Waals surface area contributed by atoms with Crippen LogP contribution in [-0.4, -0.2) is 24.9 Å². The number of aliphatic hydroxyl groups excluding tert-OH is 1. The molecular formula is C14H19BrO3. The number of hydrogen-bond acceptors (Lipinski definition) is 3. The van der Waals surface area contributed by atoms with Crippen LogP contribution in [0.15, 0.2) is 16.6 Å². The monoisotopic (exact) mass is 314 g/mol. The molecule has 4 heteroatoms. The van der Waals surface area contributed by atoms with E-state index in [1.807, 2.05) is 26.0 Å². The van der Waals surface area contributed by atoms with Crippen LogP contribution < -0.4 is 9.47 Å². The van der Waals surface area contributed by atoms with E-state index in [4.69, 9.17) is 9.47 Å². The van der Waals surface area contributed by atoms with E-state index >= 15 is 0 Å². The standard InChI is InChI=1S/C14H19BrO3/c1-14(2,8-16)11-6-9(15)7-12(17-3)13(11)18-10-4-5-10/h6-7,10,16H,4-5,8H2,1-3H3. The first-order chi connectivity index (χ1) is 8.47. The lowest BCUT2D eigenvalue weighted by Gasteiger charge is -2.26. The summed E-state index contributed by atoms with van der Waals surface area (Å²) in [6.07, 6.45) is 2.49. The highest BCUT2D eigenvalue weighted by Gasteiger charge is 2.31. The molecule has 0 bridgehead atoms. The van der Waals surface area contributed by atoms with Crippen LogP contribution >= 0.6 is 15.9 Å². The second kappa shape index (κ2) is 5.10. The average Bonchev–Trinajstić information content (AvgIpc) is 3.14. The molecule has 0 heterocycles. The normalized spacial score (nSPS) is 15.6. The van der Waals surface area contributed by atoms with Crippen molar-refractivity contribution in [2.45, 2.75) is 38.2 Å². The number of ether oxygens (including phenoxy) is 2. The van der Waals surface area contributed by atoms with E-state index in [0.717, 1.165) is 28.6 Å². The maximum absolute atomic E-state index is 9.56. The smallest absolute Gasteiger partial charge is 0.165 e. The van der Waals surface area contributed by atoms with Gasteiger partial charge >= 0.3 is 0 Å². The largest absolute Gasteiger partial charge is 0.493 e. The molecule has 0 radical (unpaired) electrons. The average molecular weight is 315 g/mol. The molecule has 0 unspecified atom stereocenters. The molecule has 2 rings (SSSR count). The highest BCUT2D eigenvalue weighted by molar-refractivity contribution is 9.10. The van der Waals surface area contributed by atoms with Crippen molar-refractivity contribution in [3.05, 3.63) is 22.2 Å². The van der Waals surface area contributed by atoms with Crippen molar-refractivity contribution in [3.8, 4) is 11.5 Å². The Morgan fingerprint density at radius 2 is 2.06 bits per heavy atom. The van der Waals surface area contributed by atoms with E-state index < -0.39 is 0 Å². The Morgan fingerprint density at radius 3 is 2.56 bits per heavy atom. The van der Waals surface area contributed by atoms with Crippen LogP contribution in [0.2, 0.25) is 0 Å². The van der Waals surface area contributed by atoms with E-state index in [-0.39, 0.29) is 12.0 Å². The molecule has 1 N–H and O–H groups in total. The van der Waals surface area contributed by atoms with Crippen molar-refractivity contribution >= 4 is 15.9 Å². The Hall–Kier alpha value is -0.740. The second-order valence-electron chi connectivity index (χ2n) is 5.34. The lowest BCUT2D eigenvalue weighted by atomic mass is 9.84. The first kappa shape index (κ1) is 13.7. The van der Waals surface area contributed by atoms with Gasteiger partial charge in [-0.25, -0.2) is 0 Å². The summed E-state index contributed by atoms with van der Waals surface area (Å²) in [6.45, 7) is 4.05. The third kappa shape index (κ3) is 2.81. The van der Waals surface area contributed by atoms with Crippen LogP contribution in [0, 0.1) is 0 Å². The molecular weight excluding hydrogens is 296 g/mol. The van der Waals surface area contributed by atoms with E-state index in [1.165, 1.54) is 0 Å². The summed E-state index contributed by atoms with van der Waals surface area (Å²) in [5.74, 6) is 1.48. The molecule has 1 saturated carbocycles. The number of halogens is 1. The SMILES string of the molecule is COc1cc(Br)cc(C(C)(C)CO)c1OC1CC1. The maximum Gasteiger partial charge on any atom is 0.165 e. The lowest BCUT2D eigenvalue weighted by molar-refractivity contribution is 0.208. The molecule has 1 aromatic rings. The van der Waals surface area contributed by atoms with Crippen molar-refractivity contribution in [1.29, 1.82) is 0 Å². The van der Waals surface area contributed by atoms with Crippen LogP contribution in [0.5, 0.6) is 11.5 Å². The van der Waals surface area contributed by atoms with Crippen LogP contribution in [0.3, 0.4) is 0 Å². The Morgan fingerprint density at radius 1 is 1.39 bits per heavy atom. The number of rotatable bonds is 5.